The van der Waals surface area contributed by atoms with Gasteiger partial charge in [0, 0.05) is 38.8 Å². The Morgan fingerprint density at radius 3 is 2.47 bits per heavy atom. The standard InChI is InChI=1S/C14H29N3/c1-3-12-4-5-14(15)13(10-12)11-17-8-6-16(2)7-9-17/h12-14H,3-11,15H2,1-2H3. The smallest absolute Gasteiger partial charge is 0.0110 e. The van der Waals surface area contributed by atoms with Crippen LogP contribution in [0, 0.1) is 11.8 Å². The first-order valence-electron chi connectivity index (χ1n) is 7.35. The van der Waals surface area contributed by atoms with Gasteiger partial charge in [0.1, 0.15) is 0 Å². The van der Waals surface area contributed by atoms with Gasteiger partial charge in [-0.05, 0) is 38.1 Å². The highest BCUT2D eigenvalue weighted by atomic mass is 15.2. The van der Waals surface area contributed by atoms with Gasteiger partial charge in [0.15, 0.2) is 0 Å². The van der Waals surface area contributed by atoms with Gasteiger partial charge in [-0.15, -0.1) is 0 Å². The van der Waals surface area contributed by atoms with E-state index in [0.717, 1.165) is 11.8 Å². The van der Waals surface area contributed by atoms with Gasteiger partial charge in [-0.25, -0.2) is 0 Å². The topological polar surface area (TPSA) is 32.5 Å². The molecule has 3 heteroatoms. The molecule has 1 aliphatic carbocycles. The van der Waals surface area contributed by atoms with Crippen LogP contribution in [0.25, 0.3) is 0 Å². The number of hydrogen-bond acceptors (Lipinski definition) is 3. The molecule has 0 bridgehead atoms. The van der Waals surface area contributed by atoms with Crippen molar-refractivity contribution in [2.45, 2.75) is 38.6 Å². The fraction of sp³-hybridized carbons (Fsp3) is 1.00. The molecule has 0 aromatic carbocycles. The molecule has 3 nitrogen and oxygen atoms in total. The highest BCUT2D eigenvalue weighted by molar-refractivity contribution is 4.85. The Hall–Kier alpha value is -0.120. The predicted molar refractivity (Wildman–Crippen MR) is 73.0 cm³/mol. The van der Waals surface area contributed by atoms with Crippen LogP contribution in [0.15, 0.2) is 0 Å². The van der Waals surface area contributed by atoms with Crippen molar-refractivity contribution in [3.05, 3.63) is 0 Å². The van der Waals surface area contributed by atoms with Gasteiger partial charge in [0.2, 0.25) is 0 Å². The predicted octanol–water partition coefficient (Wildman–Crippen LogP) is 1.39. The molecule has 2 fully saturated rings. The van der Waals surface area contributed by atoms with Crippen LogP contribution in [0.1, 0.15) is 32.6 Å². The number of nitrogens with zero attached hydrogens (tertiary/aromatic N) is 2. The summed E-state index contributed by atoms with van der Waals surface area (Å²) >= 11 is 0. The van der Waals surface area contributed by atoms with Crippen molar-refractivity contribution in [3.8, 4) is 0 Å². The lowest BCUT2D eigenvalue weighted by Gasteiger charge is -2.39. The summed E-state index contributed by atoms with van der Waals surface area (Å²) in [4.78, 5) is 5.05. The number of piperazine rings is 1. The Morgan fingerprint density at radius 2 is 1.82 bits per heavy atom. The first-order chi connectivity index (χ1) is 8.19. The molecule has 0 radical (unpaired) electrons. The van der Waals surface area contributed by atoms with Crippen LogP contribution < -0.4 is 5.73 Å². The van der Waals surface area contributed by atoms with E-state index in [2.05, 4.69) is 23.8 Å². The molecule has 1 aliphatic heterocycles. The van der Waals surface area contributed by atoms with E-state index >= 15 is 0 Å². The maximum atomic E-state index is 6.30. The normalized spacial score (nSPS) is 37.2. The second kappa shape index (κ2) is 6.17. The summed E-state index contributed by atoms with van der Waals surface area (Å²) in [6.45, 7) is 8.48. The average molecular weight is 239 g/mol. The van der Waals surface area contributed by atoms with Crippen molar-refractivity contribution in [3.63, 3.8) is 0 Å². The van der Waals surface area contributed by atoms with Gasteiger partial charge in [-0.2, -0.15) is 0 Å². The van der Waals surface area contributed by atoms with Crippen LogP contribution in [0.5, 0.6) is 0 Å². The molecule has 1 saturated heterocycles. The molecule has 1 saturated carbocycles. The van der Waals surface area contributed by atoms with Crippen LogP contribution in [0.4, 0.5) is 0 Å². The van der Waals surface area contributed by atoms with Crippen molar-refractivity contribution in [2.24, 2.45) is 17.6 Å². The largest absolute Gasteiger partial charge is 0.327 e. The Kier molecular flexibility index (Phi) is 4.83. The maximum absolute atomic E-state index is 6.30. The minimum absolute atomic E-state index is 0.456. The van der Waals surface area contributed by atoms with E-state index < -0.39 is 0 Å². The van der Waals surface area contributed by atoms with Crippen molar-refractivity contribution in [1.82, 2.24) is 9.80 Å². The molecule has 17 heavy (non-hydrogen) atoms. The number of likely N-dealkylation sites (N-methyl/N-ethyl adjacent to an activating group) is 1. The van der Waals surface area contributed by atoms with Crippen molar-refractivity contribution >= 4 is 0 Å². The molecule has 2 N–H and O–H groups in total. The molecule has 2 rings (SSSR count). The Labute approximate surface area is 106 Å². The lowest BCUT2D eigenvalue weighted by Crippen LogP contribution is -2.49. The van der Waals surface area contributed by atoms with Crippen molar-refractivity contribution in [2.75, 3.05) is 39.8 Å². The summed E-state index contributed by atoms with van der Waals surface area (Å²) in [5, 5.41) is 0. The highest BCUT2D eigenvalue weighted by Crippen LogP contribution is 2.31. The van der Waals surface area contributed by atoms with Gasteiger partial charge in [0.05, 0.1) is 0 Å². The zero-order valence-electron chi connectivity index (χ0n) is 11.6. The Balaban J connectivity index is 1.80. The molecule has 0 aromatic heterocycles. The number of nitrogens with two attached hydrogens (primary N) is 1. The molecule has 0 aromatic rings. The lowest BCUT2D eigenvalue weighted by molar-refractivity contribution is 0.107. The maximum Gasteiger partial charge on any atom is 0.0110 e. The summed E-state index contributed by atoms with van der Waals surface area (Å²) in [7, 11) is 2.22. The van der Waals surface area contributed by atoms with Crippen LogP contribution >= 0.6 is 0 Å². The van der Waals surface area contributed by atoms with Crippen LogP contribution in [0.3, 0.4) is 0 Å². The molecule has 1 heterocycles. The van der Waals surface area contributed by atoms with E-state index in [4.69, 9.17) is 5.73 Å². The summed E-state index contributed by atoms with van der Waals surface area (Å²) in [5.74, 6) is 1.68. The zero-order chi connectivity index (χ0) is 12.3. The monoisotopic (exact) mass is 239 g/mol. The minimum Gasteiger partial charge on any atom is -0.327 e. The highest BCUT2D eigenvalue weighted by Gasteiger charge is 2.29. The third-order valence-corrected chi connectivity index (χ3v) is 4.82. The Morgan fingerprint density at radius 1 is 1.12 bits per heavy atom. The summed E-state index contributed by atoms with van der Waals surface area (Å²) in [5.41, 5.74) is 6.30. The molecule has 100 valence electrons. The van der Waals surface area contributed by atoms with E-state index in [1.54, 1.807) is 0 Å². The number of hydrogen-bond donors (Lipinski definition) is 1. The second-order valence-electron chi connectivity index (χ2n) is 6.12. The molecule has 0 amide bonds. The fourth-order valence-corrected chi connectivity index (χ4v) is 3.33. The van der Waals surface area contributed by atoms with Crippen LogP contribution in [-0.2, 0) is 0 Å². The minimum atomic E-state index is 0.456. The van der Waals surface area contributed by atoms with Gasteiger partial charge in [-0.3, -0.25) is 0 Å². The van der Waals surface area contributed by atoms with Crippen LogP contribution in [0.2, 0.25) is 0 Å². The van der Waals surface area contributed by atoms with E-state index in [0.29, 0.717) is 6.04 Å². The second-order valence-corrected chi connectivity index (χ2v) is 6.12. The fourth-order valence-electron chi connectivity index (χ4n) is 3.33. The Bertz CT molecular complexity index is 224. The molecule has 0 spiro atoms. The van der Waals surface area contributed by atoms with Crippen molar-refractivity contribution < 1.29 is 0 Å². The molecular weight excluding hydrogens is 210 g/mol. The SMILES string of the molecule is CCC1CCC(N)C(CN2CCN(C)CC2)C1. The van der Waals surface area contributed by atoms with E-state index in [1.165, 1.54) is 58.4 Å². The van der Waals surface area contributed by atoms with Gasteiger partial charge >= 0.3 is 0 Å². The average Bonchev–Trinajstić information content (AvgIpc) is 2.35. The first-order valence-corrected chi connectivity index (χ1v) is 7.35. The molecular formula is C14H29N3. The molecule has 2 aliphatic rings. The zero-order valence-corrected chi connectivity index (χ0v) is 11.6. The third kappa shape index (κ3) is 3.67. The summed E-state index contributed by atoms with van der Waals surface area (Å²) in [6, 6.07) is 0.456. The number of rotatable bonds is 3. The van der Waals surface area contributed by atoms with Crippen LogP contribution in [-0.4, -0.2) is 55.6 Å². The van der Waals surface area contributed by atoms with Gasteiger partial charge < -0.3 is 15.5 Å². The van der Waals surface area contributed by atoms with Crippen molar-refractivity contribution in [1.29, 1.82) is 0 Å². The summed E-state index contributed by atoms with van der Waals surface area (Å²) in [6.07, 6.45) is 5.31. The van der Waals surface area contributed by atoms with Gasteiger partial charge in [-0.1, -0.05) is 13.3 Å². The van der Waals surface area contributed by atoms with E-state index in [1.807, 2.05) is 0 Å². The summed E-state index contributed by atoms with van der Waals surface area (Å²) < 4.78 is 0. The van der Waals surface area contributed by atoms with E-state index in [9.17, 15) is 0 Å². The van der Waals surface area contributed by atoms with Gasteiger partial charge in [0.25, 0.3) is 0 Å². The first kappa shape index (κ1) is 13.3. The van der Waals surface area contributed by atoms with E-state index in [-0.39, 0.29) is 0 Å². The molecule has 3 atom stereocenters. The third-order valence-electron chi connectivity index (χ3n) is 4.82. The molecule has 3 unspecified atom stereocenters. The quantitative estimate of drug-likeness (QED) is 0.808. The lowest BCUT2D eigenvalue weighted by atomic mass is 9.77.